The highest BCUT2D eigenvalue weighted by Gasteiger charge is 2.29. The summed E-state index contributed by atoms with van der Waals surface area (Å²) in [5.41, 5.74) is 6.06. The van der Waals surface area contributed by atoms with Gasteiger partial charge in [0.2, 0.25) is 31.9 Å². The molecule has 2 atom stereocenters. The monoisotopic (exact) mass is 1080 g/mol. The minimum Gasteiger partial charge on any atom is -0.378 e. The molecule has 4 aromatic rings. The van der Waals surface area contributed by atoms with Crippen molar-refractivity contribution in [2.45, 2.75) is 47.6 Å². The van der Waals surface area contributed by atoms with Crippen LogP contribution in [0.5, 0.6) is 0 Å². The number of rotatable bonds is 27. The minimum atomic E-state index is -3.75. The summed E-state index contributed by atoms with van der Waals surface area (Å²) in [6.07, 6.45) is 0.0174. The maximum atomic E-state index is 12.9. The van der Waals surface area contributed by atoms with E-state index in [1.54, 1.807) is 36.4 Å². The van der Waals surface area contributed by atoms with Crippen molar-refractivity contribution in [3.63, 3.8) is 0 Å². The van der Waals surface area contributed by atoms with Gasteiger partial charge in [-0.3, -0.25) is 9.59 Å². The number of nitrogens with one attached hydrogen (secondary N) is 4. The van der Waals surface area contributed by atoms with Crippen molar-refractivity contribution in [3.8, 4) is 0 Å². The van der Waals surface area contributed by atoms with Crippen molar-refractivity contribution >= 4 is 78.3 Å². The minimum absolute atomic E-state index is 0.00456. The van der Waals surface area contributed by atoms with Gasteiger partial charge in [-0.25, -0.2) is 26.3 Å². The van der Waals surface area contributed by atoms with E-state index < -0.39 is 20.0 Å². The summed E-state index contributed by atoms with van der Waals surface area (Å²) in [5, 5.41) is 7.76. The lowest BCUT2D eigenvalue weighted by Crippen LogP contribution is -2.31. The lowest BCUT2D eigenvalue weighted by atomic mass is 9.85. The van der Waals surface area contributed by atoms with Crippen LogP contribution in [0.4, 0.5) is 0 Å². The molecular formula is C48H60Cl4N6O10S2. The SMILES string of the molecule is CN1Cc2c(Cl)cc(Cl)cc2[C@H](c2ccc(S(=O)(=O)NCCOCCOCCNC(=O)CCC(=O)NCCOCCOCCNS(=O)(=O)c3ccc([C@@H]4CN(C)Cc5c(Cl)cc(Cl)cc54)cc3)cc2)C1. The third-order valence-corrected chi connectivity index (χ3v) is 15.8. The fourth-order valence-electron chi connectivity index (χ4n) is 8.26. The average Bonchev–Trinajstić information content (AvgIpc) is 3.32. The van der Waals surface area contributed by atoms with Gasteiger partial charge in [0.15, 0.2) is 0 Å². The van der Waals surface area contributed by atoms with Crippen molar-refractivity contribution in [2.24, 2.45) is 0 Å². The number of carbonyl (C=O) groups is 2. The quantitative estimate of drug-likeness (QED) is 0.0527. The predicted molar refractivity (Wildman–Crippen MR) is 271 cm³/mol. The number of likely N-dealkylation sites (N-methyl/N-ethyl adjacent to an activating group) is 2. The molecule has 70 heavy (non-hydrogen) atoms. The van der Waals surface area contributed by atoms with Gasteiger partial charge in [0.1, 0.15) is 0 Å². The molecule has 382 valence electrons. The summed E-state index contributed by atoms with van der Waals surface area (Å²) < 4.78 is 78.7. The zero-order valence-corrected chi connectivity index (χ0v) is 43.8. The van der Waals surface area contributed by atoms with Gasteiger partial charge < -0.3 is 39.4 Å². The van der Waals surface area contributed by atoms with Gasteiger partial charge in [-0.15, -0.1) is 0 Å². The Morgan fingerprint density at radius 3 is 1.23 bits per heavy atom. The number of hydrogen-bond acceptors (Lipinski definition) is 12. The van der Waals surface area contributed by atoms with Crippen LogP contribution in [0.2, 0.25) is 20.1 Å². The molecule has 2 heterocycles. The van der Waals surface area contributed by atoms with Crippen LogP contribution in [0, 0.1) is 0 Å². The Hall–Kier alpha value is -3.44. The number of halogens is 4. The highest BCUT2D eigenvalue weighted by atomic mass is 35.5. The van der Waals surface area contributed by atoms with Gasteiger partial charge in [0.25, 0.3) is 0 Å². The van der Waals surface area contributed by atoms with Crippen LogP contribution in [-0.4, -0.2) is 145 Å². The number of carbonyl (C=O) groups excluding carboxylic acids is 2. The topological polar surface area (TPSA) is 194 Å². The molecule has 2 aliphatic heterocycles. The van der Waals surface area contributed by atoms with Crippen LogP contribution in [-0.2, 0) is 61.7 Å². The van der Waals surface area contributed by atoms with E-state index in [-0.39, 0.29) is 125 Å². The largest absolute Gasteiger partial charge is 0.378 e. The fraction of sp³-hybridized carbons (Fsp3) is 0.458. The number of ether oxygens (including phenoxy) is 4. The predicted octanol–water partition coefficient (Wildman–Crippen LogP) is 5.79. The van der Waals surface area contributed by atoms with E-state index in [4.69, 9.17) is 65.4 Å². The molecule has 0 unspecified atom stereocenters. The van der Waals surface area contributed by atoms with E-state index in [0.29, 0.717) is 33.2 Å². The molecule has 6 rings (SSSR count). The standard InChI is InChI=1S/C48H60Cl4N6O10S2/c1-57-29-41(39-25-35(49)27-45(51)43(39)31-57)33-3-7-37(8-4-33)69(61,62)55-15-19-67-23-21-65-17-13-53-47(59)11-12-48(60)54-14-18-66-22-24-68-20-16-56-70(63,64)38-9-5-34(6-10-38)42-30-58(2)32-44-40(42)26-36(50)28-46(44)52/h3-10,25-28,41-42,55-56H,11-24,29-32H2,1-2H3,(H,53,59)(H,54,60)/t41-,42-/m0/s1. The Morgan fingerprint density at radius 2 is 0.871 bits per heavy atom. The smallest absolute Gasteiger partial charge is 0.240 e. The van der Waals surface area contributed by atoms with Crippen LogP contribution in [0.15, 0.2) is 82.6 Å². The van der Waals surface area contributed by atoms with E-state index in [2.05, 4.69) is 29.9 Å². The third kappa shape index (κ3) is 16.5. The fourth-order valence-corrected chi connectivity index (χ4v) is 11.4. The zero-order valence-electron chi connectivity index (χ0n) is 39.1. The Kier molecular flexibility index (Phi) is 21.6. The molecule has 0 spiro atoms. The molecule has 0 aliphatic carbocycles. The summed E-state index contributed by atoms with van der Waals surface area (Å²) in [5.74, 6) is -0.595. The van der Waals surface area contributed by atoms with Crippen molar-refractivity contribution in [2.75, 3.05) is 106 Å². The third-order valence-electron chi connectivity index (χ3n) is 11.7. The number of fused-ring (bicyclic) bond motifs is 2. The van der Waals surface area contributed by atoms with Gasteiger partial charge >= 0.3 is 0 Å². The van der Waals surface area contributed by atoms with Crippen LogP contribution in [0.1, 0.15) is 58.1 Å². The van der Waals surface area contributed by atoms with E-state index >= 15 is 0 Å². The molecule has 2 amide bonds. The Balaban J connectivity index is 0.727. The average molecular weight is 1090 g/mol. The number of sulfonamides is 2. The molecule has 4 aromatic carbocycles. The van der Waals surface area contributed by atoms with Crippen LogP contribution >= 0.6 is 46.4 Å². The van der Waals surface area contributed by atoms with Gasteiger partial charge in [-0.1, -0.05) is 70.7 Å². The highest BCUT2D eigenvalue weighted by Crippen LogP contribution is 2.40. The number of amides is 2. The second-order valence-electron chi connectivity index (χ2n) is 17.0. The van der Waals surface area contributed by atoms with E-state index in [9.17, 15) is 26.4 Å². The lowest BCUT2D eigenvalue weighted by Gasteiger charge is -2.33. The molecular weight excluding hydrogens is 1030 g/mol. The number of nitrogens with zero attached hydrogens (tertiary/aromatic N) is 2. The Morgan fingerprint density at radius 1 is 0.529 bits per heavy atom. The number of hydrogen-bond donors (Lipinski definition) is 4. The summed E-state index contributed by atoms with van der Waals surface area (Å²) in [6, 6.07) is 21.0. The van der Waals surface area contributed by atoms with E-state index in [0.717, 1.165) is 46.5 Å². The van der Waals surface area contributed by atoms with Crippen LogP contribution in [0.25, 0.3) is 0 Å². The van der Waals surface area contributed by atoms with Crippen molar-refractivity contribution in [1.82, 2.24) is 29.9 Å². The summed E-state index contributed by atoms with van der Waals surface area (Å²) in [4.78, 5) is 29.0. The first-order valence-electron chi connectivity index (χ1n) is 22.9. The summed E-state index contributed by atoms with van der Waals surface area (Å²) in [7, 11) is -3.47. The molecule has 22 heteroatoms. The van der Waals surface area contributed by atoms with E-state index in [1.807, 2.05) is 50.5 Å². The highest BCUT2D eigenvalue weighted by molar-refractivity contribution is 7.89. The maximum Gasteiger partial charge on any atom is 0.240 e. The second kappa shape index (κ2) is 27.0. The number of benzene rings is 4. The van der Waals surface area contributed by atoms with Gasteiger partial charge in [0, 0.05) is 97.1 Å². The molecule has 4 N–H and O–H groups in total. The zero-order chi connectivity index (χ0) is 50.3. The normalized spacial score (nSPS) is 16.4. The molecule has 0 fully saturated rings. The maximum absolute atomic E-state index is 12.9. The van der Waals surface area contributed by atoms with Crippen molar-refractivity contribution in [3.05, 3.63) is 126 Å². The molecule has 16 nitrogen and oxygen atoms in total. The van der Waals surface area contributed by atoms with Gasteiger partial charge in [-0.2, -0.15) is 0 Å². The molecule has 0 aromatic heterocycles. The molecule has 0 radical (unpaired) electrons. The van der Waals surface area contributed by atoms with Crippen molar-refractivity contribution < 1.29 is 45.4 Å². The molecule has 0 saturated carbocycles. The first-order chi connectivity index (χ1) is 33.5. The molecule has 2 aliphatic rings. The van der Waals surface area contributed by atoms with Gasteiger partial charge in [-0.05, 0) is 96.0 Å². The second-order valence-corrected chi connectivity index (χ2v) is 22.2. The summed E-state index contributed by atoms with van der Waals surface area (Å²) in [6.45, 7) is 5.28. The first-order valence-corrected chi connectivity index (χ1v) is 27.3. The van der Waals surface area contributed by atoms with Crippen molar-refractivity contribution in [1.29, 1.82) is 0 Å². The van der Waals surface area contributed by atoms with E-state index in [1.165, 1.54) is 0 Å². The van der Waals surface area contributed by atoms with Crippen LogP contribution in [0.3, 0.4) is 0 Å². The van der Waals surface area contributed by atoms with Gasteiger partial charge in [0.05, 0.1) is 62.6 Å². The first kappa shape index (κ1) is 55.9. The molecule has 0 bridgehead atoms. The Bertz CT molecular complexity index is 2440. The lowest BCUT2D eigenvalue weighted by molar-refractivity contribution is -0.126. The summed E-state index contributed by atoms with van der Waals surface area (Å²) >= 11 is 25.6. The van der Waals surface area contributed by atoms with Crippen LogP contribution < -0.4 is 20.1 Å². The Labute approximate surface area is 431 Å². The molecule has 0 saturated heterocycles.